The van der Waals surface area contributed by atoms with Crippen molar-refractivity contribution in [2.45, 2.75) is 18.6 Å². The minimum atomic E-state index is -0.410. The van der Waals surface area contributed by atoms with E-state index in [-0.39, 0.29) is 18.5 Å². The number of rotatable bonds is 4. The van der Waals surface area contributed by atoms with Crippen molar-refractivity contribution in [1.82, 2.24) is 0 Å². The third kappa shape index (κ3) is 2.82. The van der Waals surface area contributed by atoms with Gasteiger partial charge in [-0.05, 0) is 12.1 Å². The van der Waals surface area contributed by atoms with E-state index in [2.05, 4.69) is 0 Å². The van der Waals surface area contributed by atoms with E-state index in [4.69, 9.17) is 4.84 Å². The maximum absolute atomic E-state index is 12.7. The largest absolute Gasteiger partial charge is 0.394 e. The predicted octanol–water partition coefficient (Wildman–Crippen LogP) is 2.44. The number of hydrogen-bond acceptors (Lipinski definition) is 4. The summed E-state index contributed by atoms with van der Waals surface area (Å²) < 4.78 is 0. The average Bonchev–Trinajstić information content (AvgIpc) is 3.00. The summed E-state index contributed by atoms with van der Waals surface area (Å²) >= 11 is 0. The van der Waals surface area contributed by atoms with Crippen LogP contribution in [0.5, 0.6) is 0 Å². The Bertz CT molecular complexity index is 600. The zero-order valence-corrected chi connectivity index (χ0v) is 11.6. The van der Waals surface area contributed by atoms with Gasteiger partial charge in [0.2, 0.25) is 0 Å². The van der Waals surface area contributed by atoms with Gasteiger partial charge < -0.3 is 5.11 Å². The summed E-state index contributed by atoms with van der Waals surface area (Å²) in [7, 11) is 0. The third-order valence-corrected chi connectivity index (χ3v) is 3.61. The molecule has 0 aliphatic carbocycles. The molecule has 1 fully saturated rings. The Kier molecular flexibility index (Phi) is 3.99. The van der Waals surface area contributed by atoms with Gasteiger partial charge in [-0.25, -0.2) is 5.06 Å². The number of para-hydroxylation sites is 1. The third-order valence-electron chi connectivity index (χ3n) is 3.61. The molecular formula is C17H17NO3. The molecule has 0 unspecified atom stereocenters. The molecule has 0 saturated carbocycles. The van der Waals surface area contributed by atoms with Gasteiger partial charge in [-0.3, -0.25) is 9.63 Å². The molecule has 2 atom stereocenters. The van der Waals surface area contributed by atoms with Gasteiger partial charge in [0.15, 0.2) is 5.78 Å². The quantitative estimate of drug-likeness (QED) is 0.876. The van der Waals surface area contributed by atoms with Crippen LogP contribution < -0.4 is 5.06 Å². The van der Waals surface area contributed by atoms with Crippen LogP contribution in [0.3, 0.4) is 0 Å². The van der Waals surface area contributed by atoms with Crippen molar-refractivity contribution in [3.05, 3.63) is 66.2 Å². The first-order valence-electron chi connectivity index (χ1n) is 7.01. The zero-order chi connectivity index (χ0) is 14.7. The van der Waals surface area contributed by atoms with Crippen molar-refractivity contribution in [1.29, 1.82) is 0 Å². The standard InChI is InChI=1S/C17H17NO3/c19-12-15-11-16(17(20)13-7-3-1-4-8-13)18(21-15)14-9-5-2-6-10-14/h1-10,15-16,19H,11-12H2/t15-,16+/m0/s1. The fraction of sp³-hybridized carbons (Fsp3) is 0.235. The Morgan fingerprint density at radius 3 is 2.33 bits per heavy atom. The number of aliphatic hydroxyl groups excluding tert-OH is 1. The lowest BCUT2D eigenvalue weighted by Gasteiger charge is -2.23. The van der Waals surface area contributed by atoms with Crippen LogP contribution in [0.4, 0.5) is 5.69 Å². The average molecular weight is 283 g/mol. The van der Waals surface area contributed by atoms with E-state index in [1.807, 2.05) is 48.5 Å². The molecule has 4 nitrogen and oxygen atoms in total. The highest BCUT2D eigenvalue weighted by molar-refractivity contribution is 6.01. The molecule has 1 aliphatic heterocycles. The highest BCUT2D eigenvalue weighted by atomic mass is 16.7. The molecule has 2 aromatic rings. The summed E-state index contributed by atoms with van der Waals surface area (Å²) in [5.41, 5.74) is 1.48. The number of hydrogen-bond donors (Lipinski definition) is 1. The summed E-state index contributed by atoms with van der Waals surface area (Å²) in [5, 5.41) is 11.0. The lowest BCUT2D eigenvalue weighted by atomic mass is 10.00. The van der Waals surface area contributed by atoms with Crippen molar-refractivity contribution in [3.8, 4) is 0 Å². The van der Waals surface area contributed by atoms with E-state index >= 15 is 0 Å². The summed E-state index contributed by atoms with van der Waals surface area (Å²) in [5.74, 6) is 0.00963. The smallest absolute Gasteiger partial charge is 0.187 e. The van der Waals surface area contributed by atoms with Gasteiger partial charge in [0.05, 0.1) is 12.3 Å². The normalized spacial score (nSPS) is 21.5. The highest BCUT2D eigenvalue weighted by Crippen LogP contribution is 2.29. The fourth-order valence-electron chi connectivity index (χ4n) is 2.55. The summed E-state index contributed by atoms with van der Waals surface area (Å²) in [6.07, 6.45) is 0.141. The summed E-state index contributed by atoms with van der Waals surface area (Å²) in [4.78, 5) is 18.4. The SMILES string of the molecule is O=C(c1ccccc1)[C@H]1C[C@@H](CO)ON1c1ccccc1. The van der Waals surface area contributed by atoms with Crippen LogP contribution in [0.1, 0.15) is 16.8 Å². The minimum Gasteiger partial charge on any atom is -0.394 e. The van der Waals surface area contributed by atoms with E-state index < -0.39 is 6.04 Å². The second kappa shape index (κ2) is 6.08. The van der Waals surface area contributed by atoms with Crippen LogP contribution >= 0.6 is 0 Å². The predicted molar refractivity (Wildman–Crippen MR) is 80.1 cm³/mol. The van der Waals surface area contributed by atoms with E-state index in [1.165, 1.54) is 0 Å². The molecule has 4 heteroatoms. The molecule has 21 heavy (non-hydrogen) atoms. The lowest BCUT2D eigenvalue weighted by Crippen LogP contribution is -2.35. The van der Waals surface area contributed by atoms with Gasteiger partial charge in [0.1, 0.15) is 12.1 Å². The first-order valence-corrected chi connectivity index (χ1v) is 7.01. The second-order valence-corrected chi connectivity index (χ2v) is 5.05. The molecule has 108 valence electrons. The van der Waals surface area contributed by atoms with Crippen molar-refractivity contribution in [3.63, 3.8) is 0 Å². The number of benzene rings is 2. The van der Waals surface area contributed by atoms with E-state index in [0.29, 0.717) is 12.0 Å². The van der Waals surface area contributed by atoms with Gasteiger partial charge >= 0.3 is 0 Å². The van der Waals surface area contributed by atoms with Crippen molar-refractivity contribution >= 4 is 11.5 Å². The fourth-order valence-corrected chi connectivity index (χ4v) is 2.55. The van der Waals surface area contributed by atoms with Gasteiger partial charge in [-0.2, -0.15) is 0 Å². The summed E-state index contributed by atoms with van der Waals surface area (Å²) in [6, 6.07) is 18.3. The first kappa shape index (κ1) is 13.8. The first-order chi connectivity index (χ1) is 10.3. The van der Waals surface area contributed by atoms with Crippen molar-refractivity contribution in [2.24, 2.45) is 0 Å². The number of nitrogens with zero attached hydrogens (tertiary/aromatic N) is 1. The molecule has 3 rings (SSSR count). The number of carbonyl (C=O) groups is 1. The Morgan fingerprint density at radius 2 is 1.71 bits per heavy atom. The van der Waals surface area contributed by atoms with Gasteiger partial charge in [-0.15, -0.1) is 0 Å². The molecule has 0 amide bonds. The number of anilines is 1. The molecule has 0 bridgehead atoms. The van der Waals surface area contributed by atoms with Crippen LogP contribution in [-0.2, 0) is 4.84 Å². The van der Waals surface area contributed by atoms with Gasteiger partial charge in [0, 0.05) is 12.0 Å². The van der Waals surface area contributed by atoms with Crippen LogP contribution in [-0.4, -0.2) is 29.6 Å². The van der Waals surface area contributed by atoms with Crippen molar-refractivity contribution in [2.75, 3.05) is 11.7 Å². The monoisotopic (exact) mass is 283 g/mol. The van der Waals surface area contributed by atoms with Gasteiger partial charge in [0.25, 0.3) is 0 Å². The Hall–Kier alpha value is -2.17. The maximum Gasteiger partial charge on any atom is 0.187 e. The van der Waals surface area contributed by atoms with E-state index in [1.54, 1.807) is 17.2 Å². The maximum atomic E-state index is 12.7. The molecule has 1 heterocycles. The molecule has 2 aromatic carbocycles. The Balaban J connectivity index is 1.89. The topological polar surface area (TPSA) is 49.8 Å². The van der Waals surface area contributed by atoms with Crippen molar-refractivity contribution < 1.29 is 14.7 Å². The van der Waals surface area contributed by atoms with Crippen LogP contribution in [0.15, 0.2) is 60.7 Å². The second-order valence-electron chi connectivity index (χ2n) is 5.05. The molecule has 0 aromatic heterocycles. The molecule has 1 saturated heterocycles. The molecule has 0 radical (unpaired) electrons. The molecule has 0 spiro atoms. The Morgan fingerprint density at radius 1 is 1.10 bits per heavy atom. The molecule has 1 aliphatic rings. The number of Topliss-reactive ketones (excluding diaryl/α,β-unsaturated/α-hetero) is 1. The highest BCUT2D eigenvalue weighted by Gasteiger charge is 2.38. The zero-order valence-electron chi connectivity index (χ0n) is 11.6. The summed E-state index contributed by atoms with van der Waals surface area (Å²) in [6.45, 7) is -0.0953. The minimum absolute atomic E-state index is 0.00963. The van der Waals surface area contributed by atoms with E-state index in [0.717, 1.165) is 5.69 Å². The van der Waals surface area contributed by atoms with Crippen LogP contribution in [0, 0.1) is 0 Å². The van der Waals surface area contributed by atoms with E-state index in [9.17, 15) is 9.90 Å². The Labute approximate surface area is 123 Å². The number of ketones is 1. The number of hydroxylamine groups is 1. The number of aliphatic hydroxyl groups is 1. The van der Waals surface area contributed by atoms with Crippen LogP contribution in [0.2, 0.25) is 0 Å². The lowest BCUT2D eigenvalue weighted by molar-refractivity contribution is 0.0403. The molecule has 1 N–H and O–H groups in total. The molecular weight excluding hydrogens is 266 g/mol. The number of carbonyl (C=O) groups excluding carboxylic acids is 1. The van der Waals surface area contributed by atoms with Gasteiger partial charge in [-0.1, -0.05) is 48.5 Å². The van der Waals surface area contributed by atoms with Crippen LogP contribution in [0.25, 0.3) is 0 Å².